The van der Waals surface area contributed by atoms with Gasteiger partial charge < -0.3 is 15.0 Å². The van der Waals surface area contributed by atoms with Crippen molar-refractivity contribution in [2.24, 2.45) is 0 Å². The topological polar surface area (TPSA) is 92.8 Å². The van der Waals surface area contributed by atoms with Crippen LogP contribution in [-0.4, -0.2) is 56.3 Å². The lowest BCUT2D eigenvalue weighted by Gasteiger charge is -2.26. The Morgan fingerprint density at radius 2 is 2.04 bits per heavy atom. The lowest BCUT2D eigenvalue weighted by atomic mass is 10.2. The fourth-order valence-corrected chi connectivity index (χ4v) is 4.70. The van der Waals surface area contributed by atoms with Crippen molar-refractivity contribution in [2.75, 3.05) is 25.2 Å². The molecule has 2 amide bonds. The molecule has 1 saturated heterocycles. The zero-order valence-electron chi connectivity index (χ0n) is 14.5. The lowest BCUT2D eigenvalue weighted by Crippen LogP contribution is -2.42. The van der Waals surface area contributed by atoms with Crippen LogP contribution in [0.15, 0.2) is 24.3 Å². The highest BCUT2D eigenvalue weighted by Crippen LogP contribution is 2.19. The first-order chi connectivity index (χ1) is 11.8. The molecule has 0 spiro atoms. The van der Waals surface area contributed by atoms with E-state index in [9.17, 15) is 18.0 Å². The van der Waals surface area contributed by atoms with E-state index >= 15 is 0 Å². The monoisotopic (exact) mass is 368 g/mol. The molecule has 138 valence electrons. The molecule has 1 fully saturated rings. The van der Waals surface area contributed by atoms with Crippen molar-refractivity contribution < 1.29 is 22.7 Å². The second-order valence-electron chi connectivity index (χ2n) is 6.11. The number of amides is 2. The standard InChI is InChI=1S/C17H24N2O5S/c1-13(20)19(15-8-10-25(22,23)12-15)9-7-17(21)18-11-14-5-3-4-6-16(14)24-2/h3-6,15H,7-12H2,1-2H3,(H,18,21). The van der Waals surface area contributed by atoms with Crippen molar-refractivity contribution >= 4 is 21.7 Å². The molecule has 7 nitrogen and oxygen atoms in total. The first-order valence-corrected chi connectivity index (χ1v) is 10.0. The first-order valence-electron chi connectivity index (χ1n) is 8.18. The number of methoxy groups -OCH3 is 1. The van der Waals surface area contributed by atoms with Gasteiger partial charge >= 0.3 is 0 Å². The Morgan fingerprint density at radius 3 is 2.64 bits per heavy atom. The zero-order valence-corrected chi connectivity index (χ0v) is 15.3. The summed E-state index contributed by atoms with van der Waals surface area (Å²) in [4.78, 5) is 25.4. The minimum absolute atomic E-state index is 0.0184. The number of ether oxygens (including phenoxy) is 1. The molecule has 1 aliphatic heterocycles. The minimum Gasteiger partial charge on any atom is -0.496 e. The molecule has 1 aromatic carbocycles. The van der Waals surface area contributed by atoms with Crippen LogP contribution in [0, 0.1) is 0 Å². The first kappa shape index (κ1) is 19.2. The van der Waals surface area contributed by atoms with Crippen LogP contribution in [0.5, 0.6) is 5.75 Å². The second kappa shape index (κ2) is 8.33. The minimum atomic E-state index is -3.07. The van der Waals surface area contributed by atoms with Gasteiger partial charge in [-0.25, -0.2) is 8.42 Å². The van der Waals surface area contributed by atoms with Gasteiger partial charge in [0.05, 0.1) is 18.6 Å². The molecule has 2 rings (SSSR count). The van der Waals surface area contributed by atoms with Crippen LogP contribution in [0.3, 0.4) is 0 Å². The van der Waals surface area contributed by atoms with Gasteiger partial charge in [0.25, 0.3) is 0 Å². The number of carbonyl (C=O) groups is 2. The van der Waals surface area contributed by atoms with E-state index in [1.165, 1.54) is 11.8 Å². The number of hydrogen-bond donors (Lipinski definition) is 1. The Kier molecular flexibility index (Phi) is 6.41. The summed E-state index contributed by atoms with van der Waals surface area (Å²) in [5, 5.41) is 2.80. The molecule has 0 aliphatic carbocycles. The summed E-state index contributed by atoms with van der Waals surface area (Å²) < 4.78 is 28.4. The zero-order chi connectivity index (χ0) is 18.4. The highest BCUT2D eigenvalue weighted by Gasteiger charge is 2.33. The Hall–Kier alpha value is -2.09. The third-order valence-electron chi connectivity index (χ3n) is 4.30. The molecule has 8 heteroatoms. The number of rotatable bonds is 7. The highest BCUT2D eigenvalue weighted by atomic mass is 32.2. The molecule has 1 heterocycles. The normalized spacial score (nSPS) is 18.6. The fourth-order valence-electron chi connectivity index (χ4n) is 2.97. The molecule has 0 bridgehead atoms. The van der Waals surface area contributed by atoms with Gasteiger partial charge in [-0.1, -0.05) is 18.2 Å². The van der Waals surface area contributed by atoms with E-state index in [0.717, 1.165) is 5.56 Å². The van der Waals surface area contributed by atoms with Gasteiger partial charge in [-0.3, -0.25) is 9.59 Å². The van der Waals surface area contributed by atoms with Crippen LogP contribution in [0.25, 0.3) is 0 Å². The Morgan fingerprint density at radius 1 is 1.32 bits per heavy atom. The van der Waals surface area contributed by atoms with Gasteiger partial charge in [-0.05, 0) is 12.5 Å². The highest BCUT2D eigenvalue weighted by molar-refractivity contribution is 7.91. The van der Waals surface area contributed by atoms with Crippen molar-refractivity contribution in [3.05, 3.63) is 29.8 Å². The number of sulfone groups is 1. The van der Waals surface area contributed by atoms with Crippen LogP contribution >= 0.6 is 0 Å². The van der Waals surface area contributed by atoms with E-state index in [-0.39, 0.29) is 42.3 Å². The molecule has 1 aromatic rings. The van der Waals surface area contributed by atoms with Gasteiger partial charge in [0.15, 0.2) is 9.84 Å². The maximum Gasteiger partial charge on any atom is 0.222 e. The van der Waals surface area contributed by atoms with Crippen LogP contribution in [0.4, 0.5) is 0 Å². The van der Waals surface area contributed by atoms with Gasteiger partial charge in [0.1, 0.15) is 5.75 Å². The molecular weight excluding hydrogens is 344 g/mol. The largest absolute Gasteiger partial charge is 0.496 e. The summed E-state index contributed by atoms with van der Waals surface area (Å²) >= 11 is 0. The van der Waals surface area contributed by atoms with Gasteiger partial charge in [0.2, 0.25) is 11.8 Å². The summed E-state index contributed by atoms with van der Waals surface area (Å²) in [5.74, 6) is 0.374. The molecule has 1 N–H and O–H groups in total. The van der Waals surface area contributed by atoms with Crippen molar-refractivity contribution in [3.8, 4) is 5.75 Å². The number of para-hydroxylation sites is 1. The van der Waals surface area contributed by atoms with E-state index < -0.39 is 9.84 Å². The summed E-state index contributed by atoms with van der Waals surface area (Å²) in [6, 6.07) is 7.07. The summed E-state index contributed by atoms with van der Waals surface area (Å²) in [6.07, 6.45) is 0.565. The third kappa shape index (κ3) is 5.45. The van der Waals surface area contributed by atoms with Crippen LogP contribution in [-0.2, 0) is 26.0 Å². The lowest BCUT2D eigenvalue weighted by molar-refractivity contribution is -0.131. The number of hydrogen-bond acceptors (Lipinski definition) is 5. The van der Waals surface area contributed by atoms with Crippen molar-refractivity contribution in [3.63, 3.8) is 0 Å². The predicted octanol–water partition coefficient (Wildman–Crippen LogP) is 0.737. The summed E-state index contributed by atoms with van der Waals surface area (Å²) in [5.41, 5.74) is 0.865. The number of nitrogens with one attached hydrogen (secondary N) is 1. The van der Waals surface area contributed by atoms with Gasteiger partial charge in [-0.15, -0.1) is 0 Å². The van der Waals surface area contributed by atoms with Gasteiger partial charge in [0, 0.05) is 38.0 Å². The molecular formula is C17H24N2O5S. The number of benzene rings is 1. The molecule has 0 saturated carbocycles. The van der Waals surface area contributed by atoms with E-state index in [1.54, 1.807) is 7.11 Å². The SMILES string of the molecule is COc1ccccc1CNC(=O)CCN(C(C)=O)C1CCS(=O)(=O)C1. The summed E-state index contributed by atoms with van der Waals surface area (Å²) in [7, 11) is -1.50. The number of carbonyl (C=O) groups excluding carboxylic acids is 2. The third-order valence-corrected chi connectivity index (χ3v) is 6.05. The van der Waals surface area contributed by atoms with Crippen molar-refractivity contribution in [1.29, 1.82) is 0 Å². The molecule has 0 radical (unpaired) electrons. The van der Waals surface area contributed by atoms with E-state index in [1.807, 2.05) is 24.3 Å². The van der Waals surface area contributed by atoms with Crippen LogP contribution in [0.1, 0.15) is 25.3 Å². The smallest absolute Gasteiger partial charge is 0.222 e. The van der Waals surface area contributed by atoms with Crippen molar-refractivity contribution in [1.82, 2.24) is 10.2 Å². The predicted molar refractivity (Wildman–Crippen MR) is 93.9 cm³/mol. The molecule has 0 aromatic heterocycles. The fraction of sp³-hybridized carbons (Fsp3) is 0.529. The molecule has 25 heavy (non-hydrogen) atoms. The van der Waals surface area contributed by atoms with E-state index in [4.69, 9.17) is 4.74 Å². The molecule has 1 unspecified atom stereocenters. The average Bonchev–Trinajstić information content (AvgIpc) is 2.92. The molecule has 1 aliphatic rings. The maximum atomic E-state index is 12.1. The van der Waals surface area contributed by atoms with Crippen LogP contribution < -0.4 is 10.1 Å². The maximum absolute atomic E-state index is 12.1. The second-order valence-corrected chi connectivity index (χ2v) is 8.34. The van der Waals surface area contributed by atoms with Crippen LogP contribution in [0.2, 0.25) is 0 Å². The average molecular weight is 368 g/mol. The van der Waals surface area contributed by atoms with E-state index in [2.05, 4.69) is 5.32 Å². The Balaban J connectivity index is 1.86. The number of nitrogens with zero attached hydrogens (tertiary/aromatic N) is 1. The Labute approximate surface area is 148 Å². The summed E-state index contributed by atoms with van der Waals surface area (Å²) in [6.45, 7) is 1.95. The van der Waals surface area contributed by atoms with Crippen molar-refractivity contribution in [2.45, 2.75) is 32.4 Å². The molecule has 1 atom stereocenters. The quantitative estimate of drug-likeness (QED) is 0.766. The van der Waals surface area contributed by atoms with Gasteiger partial charge in [-0.2, -0.15) is 0 Å². The van der Waals surface area contributed by atoms with E-state index in [0.29, 0.717) is 18.7 Å². The Bertz CT molecular complexity index is 732.